The summed E-state index contributed by atoms with van der Waals surface area (Å²) in [6, 6.07) is 21.9. The molecule has 0 bridgehead atoms. The molecule has 0 spiro atoms. The molecular weight excluding hydrogens is 416 g/mol. The van der Waals surface area contributed by atoms with Crippen LogP contribution in [0.5, 0.6) is 0 Å². The number of nitrogens with one attached hydrogen (secondary N) is 1. The molecule has 0 radical (unpaired) electrons. The lowest BCUT2D eigenvalue weighted by Gasteiger charge is -2.02. The number of H-pyrrole nitrogens is 1. The Bertz CT molecular complexity index is 1400. The maximum absolute atomic E-state index is 13.1. The predicted molar refractivity (Wildman–Crippen MR) is 117 cm³/mol. The van der Waals surface area contributed by atoms with Gasteiger partial charge in [-0.15, -0.1) is 5.11 Å². The summed E-state index contributed by atoms with van der Waals surface area (Å²) >= 11 is 0. The largest absolute Gasteiger partial charge is 0.299 e. The number of rotatable bonds is 5. The molecule has 8 nitrogen and oxygen atoms in total. The van der Waals surface area contributed by atoms with Gasteiger partial charge in [-0.25, -0.2) is 4.68 Å². The average molecular weight is 434 g/mol. The summed E-state index contributed by atoms with van der Waals surface area (Å²) < 4.78 is 32.8. The predicted octanol–water partition coefficient (Wildman–Crippen LogP) is 4.80. The van der Waals surface area contributed by atoms with E-state index in [2.05, 4.69) is 15.3 Å². The minimum Gasteiger partial charge on any atom is -0.288 e. The van der Waals surface area contributed by atoms with E-state index in [1.807, 2.05) is 49.4 Å². The van der Waals surface area contributed by atoms with Crippen molar-refractivity contribution < 1.29 is 13.0 Å². The minimum absolute atomic E-state index is 0.117. The molecule has 0 amide bonds. The van der Waals surface area contributed by atoms with Gasteiger partial charge < -0.3 is 0 Å². The molecule has 0 saturated heterocycles. The van der Waals surface area contributed by atoms with Gasteiger partial charge in [-0.3, -0.25) is 14.4 Å². The van der Waals surface area contributed by atoms with Gasteiger partial charge in [0.15, 0.2) is 5.69 Å². The van der Waals surface area contributed by atoms with Crippen LogP contribution in [-0.4, -0.2) is 22.8 Å². The van der Waals surface area contributed by atoms with Crippen molar-refractivity contribution in [1.82, 2.24) is 9.78 Å². The first-order chi connectivity index (χ1) is 14.8. The second-order valence-electron chi connectivity index (χ2n) is 6.85. The van der Waals surface area contributed by atoms with Crippen LogP contribution >= 0.6 is 0 Å². The maximum atomic E-state index is 13.1. The molecule has 1 aromatic heterocycles. The van der Waals surface area contributed by atoms with Crippen LogP contribution in [0.25, 0.3) is 16.9 Å². The Morgan fingerprint density at radius 1 is 0.871 bits per heavy atom. The molecule has 4 rings (SSSR count). The number of aryl methyl sites for hydroxylation is 1. The second-order valence-corrected chi connectivity index (χ2v) is 8.27. The van der Waals surface area contributed by atoms with Crippen LogP contribution in [0.15, 0.2) is 98.8 Å². The first-order valence-corrected chi connectivity index (χ1v) is 10.7. The van der Waals surface area contributed by atoms with Crippen molar-refractivity contribution in [2.45, 2.75) is 11.8 Å². The van der Waals surface area contributed by atoms with Crippen LogP contribution in [0.2, 0.25) is 0 Å². The van der Waals surface area contributed by atoms with Gasteiger partial charge >= 0.3 is 0 Å². The zero-order chi connectivity index (χ0) is 22.0. The summed E-state index contributed by atoms with van der Waals surface area (Å²) in [7, 11) is -4.30. The van der Waals surface area contributed by atoms with Crippen molar-refractivity contribution in [2.75, 3.05) is 0 Å². The second kappa shape index (κ2) is 8.13. The molecule has 156 valence electrons. The number of aromatic nitrogens is 2. The van der Waals surface area contributed by atoms with Crippen LogP contribution < -0.4 is 5.56 Å². The molecule has 4 aromatic rings. The van der Waals surface area contributed by atoms with Gasteiger partial charge in [-0.05, 0) is 43.3 Å². The van der Waals surface area contributed by atoms with Crippen LogP contribution in [-0.2, 0) is 10.1 Å². The number of para-hydroxylation sites is 1. The molecule has 0 aliphatic carbocycles. The highest BCUT2D eigenvalue weighted by Crippen LogP contribution is 2.28. The monoisotopic (exact) mass is 434 g/mol. The third-order valence-corrected chi connectivity index (χ3v) is 5.49. The molecule has 0 aliphatic rings. The lowest BCUT2D eigenvalue weighted by Crippen LogP contribution is -2.13. The summed E-state index contributed by atoms with van der Waals surface area (Å²) in [4.78, 5) is 12.9. The van der Waals surface area contributed by atoms with Crippen molar-refractivity contribution in [1.29, 1.82) is 0 Å². The quantitative estimate of drug-likeness (QED) is 0.346. The Hall–Kier alpha value is -3.82. The molecule has 1 heterocycles. The Morgan fingerprint density at radius 3 is 2.13 bits per heavy atom. The summed E-state index contributed by atoms with van der Waals surface area (Å²) in [6.45, 7) is 1.97. The summed E-state index contributed by atoms with van der Waals surface area (Å²) in [5, 5.41) is 11.4. The molecule has 0 saturated carbocycles. The van der Waals surface area contributed by atoms with Crippen LogP contribution in [0.3, 0.4) is 0 Å². The van der Waals surface area contributed by atoms with E-state index in [0.717, 1.165) is 11.1 Å². The van der Waals surface area contributed by atoms with Gasteiger partial charge in [0.25, 0.3) is 15.7 Å². The number of hydrogen-bond acceptors (Lipinski definition) is 5. The number of azo groups is 1. The van der Waals surface area contributed by atoms with Gasteiger partial charge in [-0.1, -0.05) is 48.0 Å². The van der Waals surface area contributed by atoms with E-state index in [1.54, 1.807) is 12.1 Å². The first kappa shape index (κ1) is 20.5. The highest BCUT2D eigenvalue weighted by Gasteiger charge is 2.17. The summed E-state index contributed by atoms with van der Waals surface area (Å²) in [5.41, 5.74) is 3.08. The summed E-state index contributed by atoms with van der Waals surface area (Å²) in [5.74, 6) is 0. The molecule has 9 heteroatoms. The highest BCUT2D eigenvalue weighted by atomic mass is 32.2. The third-order valence-electron chi connectivity index (χ3n) is 4.62. The van der Waals surface area contributed by atoms with Crippen molar-refractivity contribution in [2.24, 2.45) is 10.2 Å². The lowest BCUT2D eigenvalue weighted by atomic mass is 10.1. The Labute approximate surface area is 178 Å². The Morgan fingerprint density at radius 2 is 1.52 bits per heavy atom. The van der Waals surface area contributed by atoms with Crippen LogP contribution in [0.4, 0.5) is 11.4 Å². The molecule has 0 aliphatic heterocycles. The molecule has 0 atom stereocenters. The van der Waals surface area contributed by atoms with E-state index in [0.29, 0.717) is 17.1 Å². The van der Waals surface area contributed by atoms with Crippen LogP contribution in [0.1, 0.15) is 5.56 Å². The Balaban J connectivity index is 1.80. The van der Waals surface area contributed by atoms with E-state index in [-0.39, 0.29) is 16.1 Å². The minimum atomic E-state index is -4.30. The van der Waals surface area contributed by atoms with Gasteiger partial charge in [0.2, 0.25) is 0 Å². The topological polar surface area (TPSA) is 117 Å². The van der Waals surface area contributed by atoms with E-state index in [4.69, 9.17) is 4.55 Å². The van der Waals surface area contributed by atoms with E-state index in [1.165, 1.54) is 28.9 Å². The zero-order valence-corrected chi connectivity index (χ0v) is 17.2. The SMILES string of the molecule is Cc1ccc(-c2[nH]n(-c3ccccc3)c(=O)c2N=Nc2ccc(S(=O)(=O)O)cc2)cc1. The third kappa shape index (κ3) is 4.37. The molecule has 0 fully saturated rings. The molecule has 2 N–H and O–H groups in total. The van der Waals surface area contributed by atoms with Crippen molar-refractivity contribution >= 4 is 21.5 Å². The zero-order valence-electron chi connectivity index (χ0n) is 16.4. The van der Waals surface area contributed by atoms with E-state index >= 15 is 0 Å². The van der Waals surface area contributed by atoms with Crippen molar-refractivity contribution in [3.63, 3.8) is 0 Å². The van der Waals surface area contributed by atoms with Crippen LogP contribution in [0, 0.1) is 6.92 Å². The van der Waals surface area contributed by atoms with Gasteiger partial charge in [0, 0.05) is 5.56 Å². The van der Waals surface area contributed by atoms with Gasteiger partial charge in [0.05, 0.1) is 22.0 Å². The first-order valence-electron chi connectivity index (χ1n) is 9.30. The smallest absolute Gasteiger partial charge is 0.288 e. The van der Waals surface area contributed by atoms with E-state index in [9.17, 15) is 13.2 Å². The fourth-order valence-corrected chi connectivity index (χ4v) is 3.47. The number of benzene rings is 3. The fourth-order valence-electron chi connectivity index (χ4n) is 2.99. The average Bonchev–Trinajstić information content (AvgIpc) is 3.09. The number of nitrogens with zero attached hydrogens (tertiary/aromatic N) is 3. The Kier molecular flexibility index (Phi) is 5.37. The molecule has 3 aromatic carbocycles. The normalized spacial score (nSPS) is 11.8. The summed E-state index contributed by atoms with van der Waals surface area (Å²) in [6.07, 6.45) is 0. The molecule has 0 unspecified atom stereocenters. The lowest BCUT2D eigenvalue weighted by molar-refractivity contribution is 0.483. The fraction of sp³-hybridized carbons (Fsp3) is 0.0455. The standard InChI is InChI=1S/C22H18N4O4S/c1-15-7-9-16(10-8-15)20-21(22(27)26(25-20)18-5-3-2-4-6-18)24-23-17-11-13-19(14-12-17)31(28,29)30/h2-14,25H,1H3,(H,28,29,30). The molecular formula is C22H18N4O4S. The number of hydrogen-bond donors (Lipinski definition) is 2. The van der Waals surface area contributed by atoms with Crippen molar-refractivity contribution in [3.8, 4) is 16.9 Å². The highest BCUT2D eigenvalue weighted by molar-refractivity contribution is 7.85. The maximum Gasteiger partial charge on any atom is 0.299 e. The van der Waals surface area contributed by atoms with E-state index < -0.39 is 10.1 Å². The van der Waals surface area contributed by atoms with Gasteiger partial charge in [0.1, 0.15) is 0 Å². The van der Waals surface area contributed by atoms with Gasteiger partial charge in [-0.2, -0.15) is 13.5 Å². The number of aromatic amines is 1. The van der Waals surface area contributed by atoms with Crippen molar-refractivity contribution in [3.05, 3.63) is 94.8 Å². The molecule has 31 heavy (non-hydrogen) atoms.